The smallest absolute Gasteiger partial charge is 0.339 e. The van der Waals surface area contributed by atoms with Crippen molar-refractivity contribution < 1.29 is 31.7 Å². The topological polar surface area (TPSA) is 99.2 Å². The predicted molar refractivity (Wildman–Crippen MR) is 129 cm³/mol. The molecule has 4 rings (SSSR count). The van der Waals surface area contributed by atoms with Crippen LogP contribution in [-0.2, 0) is 19.6 Å². The van der Waals surface area contributed by atoms with Gasteiger partial charge in [0.15, 0.2) is 0 Å². The van der Waals surface area contributed by atoms with Crippen LogP contribution in [0.3, 0.4) is 0 Å². The lowest BCUT2D eigenvalue weighted by Gasteiger charge is -2.17. The van der Waals surface area contributed by atoms with Gasteiger partial charge in [0.1, 0.15) is 16.4 Å². The second-order valence-corrected chi connectivity index (χ2v) is 9.87. The SMILES string of the molecule is COC(=O)c1ccc(OCC2CC(=O)N(c3ccc(OS(=O)(=O)c4ccc(Cl)cc4)cc3)C2)cc1. The van der Waals surface area contributed by atoms with Crippen molar-refractivity contribution >= 4 is 39.3 Å². The number of amides is 1. The van der Waals surface area contributed by atoms with Gasteiger partial charge in [-0.25, -0.2) is 4.79 Å². The van der Waals surface area contributed by atoms with Crippen molar-refractivity contribution in [3.63, 3.8) is 0 Å². The summed E-state index contributed by atoms with van der Waals surface area (Å²) in [7, 11) is -2.69. The fourth-order valence-corrected chi connectivity index (χ4v) is 4.68. The van der Waals surface area contributed by atoms with Crippen LogP contribution in [0.2, 0.25) is 5.02 Å². The number of esters is 1. The Kier molecular flexibility index (Phi) is 7.28. The quantitative estimate of drug-likeness (QED) is 0.325. The number of carbonyl (C=O) groups is 2. The highest BCUT2D eigenvalue weighted by Crippen LogP contribution is 2.29. The Labute approximate surface area is 208 Å². The number of nitrogens with zero attached hydrogens (tertiary/aromatic N) is 1. The third-order valence-corrected chi connectivity index (χ3v) is 6.94. The van der Waals surface area contributed by atoms with E-state index in [4.69, 9.17) is 20.5 Å². The summed E-state index contributed by atoms with van der Waals surface area (Å²) in [6, 6.07) is 18.5. The van der Waals surface area contributed by atoms with Crippen LogP contribution >= 0.6 is 11.6 Å². The number of carbonyl (C=O) groups excluding carboxylic acids is 2. The van der Waals surface area contributed by atoms with Crippen molar-refractivity contribution in [2.24, 2.45) is 5.92 Å². The highest BCUT2D eigenvalue weighted by molar-refractivity contribution is 7.87. The predicted octanol–water partition coefficient (Wildman–Crippen LogP) is 4.33. The summed E-state index contributed by atoms with van der Waals surface area (Å²) in [6.07, 6.45) is 0.323. The molecule has 0 aliphatic carbocycles. The van der Waals surface area contributed by atoms with Crippen molar-refractivity contribution in [1.29, 1.82) is 0 Å². The number of rotatable bonds is 8. The minimum Gasteiger partial charge on any atom is -0.493 e. The van der Waals surface area contributed by atoms with Crippen molar-refractivity contribution in [2.75, 3.05) is 25.2 Å². The highest BCUT2D eigenvalue weighted by Gasteiger charge is 2.31. The Morgan fingerprint density at radius 1 is 0.971 bits per heavy atom. The molecule has 1 unspecified atom stereocenters. The molecule has 0 radical (unpaired) electrons. The second kappa shape index (κ2) is 10.4. The largest absolute Gasteiger partial charge is 0.493 e. The maximum Gasteiger partial charge on any atom is 0.339 e. The summed E-state index contributed by atoms with van der Waals surface area (Å²) < 4.78 is 40.5. The van der Waals surface area contributed by atoms with Gasteiger partial charge in [0, 0.05) is 29.6 Å². The molecular formula is C25H22ClNO7S. The zero-order chi connectivity index (χ0) is 25.0. The van der Waals surface area contributed by atoms with Crippen molar-refractivity contribution in [3.05, 3.63) is 83.4 Å². The molecule has 1 amide bonds. The van der Waals surface area contributed by atoms with Crippen LogP contribution in [0.5, 0.6) is 11.5 Å². The van der Waals surface area contributed by atoms with Gasteiger partial charge in [-0.2, -0.15) is 8.42 Å². The number of anilines is 1. The van der Waals surface area contributed by atoms with Gasteiger partial charge in [-0.15, -0.1) is 0 Å². The molecule has 8 nitrogen and oxygen atoms in total. The average molecular weight is 516 g/mol. The maximum atomic E-state index is 12.6. The van der Waals surface area contributed by atoms with Gasteiger partial charge in [0.2, 0.25) is 5.91 Å². The van der Waals surface area contributed by atoms with E-state index in [1.807, 2.05) is 0 Å². The van der Waals surface area contributed by atoms with Crippen molar-refractivity contribution in [1.82, 2.24) is 0 Å². The van der Waals surface area contributed by atoms with Crippen LogP contribution < -0.4 is 13.8 Å². The monoisotopic (exact) mass is 515 g/mol. The van der Waals surface area contributed by atoms with E-state index in [1.165, 1.54) is 43.5 Å². The van der Waals surface area contributed by atoms with E-state index in [0.29, 0.717) is 41.6 Å². The number of halogens is 1. The van der Waals surface area contributed by atoms with Crippen LogP contribution in [0.15, 0.2) is 77.7 Å². The lowest BCUT2D eigenvalue weighted by atomic mass is 10.1. The van der Waals surface area contributed by atoms with Gasteiger partial charge < -0.3 is 18.6 Å². The summed E-state index contributed by atoms with van der Waals surface area (Å²) in [5, 5.41) is 0.420. The number of hydrogen-bond donors (Lipinski definition) is 0. The summed E-state index contributed by atoms with van der Waals surface area (Å²) in [6.45, 7) is 0.794. The summed E-state index contributed by atoms with van der Waals surface area (Å²) in [5.41, 5.74) is 1.06. The Balaban J connectivity index is 1.34. The molecule has 10 heteroatoms. The van der Waals surface area contributed by atoms with Gasteiger partial charge in [-0.3, -0.25) is 4.79 Å². The van der Waals surface area contributed by atoms with Crippen LogP contribution in [0.4, 0.5) is 5.69 Å². The molecule has 35 heavy (non-hydrogen) atoms. The van der Waals surface area contributed by atoms with Crippen LogP contribution in [-0.4, -0.2) is 40.6 Å². The Morgan fingerprint density at radius 3 is 2.23 bits per heavy atom. The number of hydrogen-bond acceptors (Lipinski definition) is 7. The standard InChI is InChI=1S/C25H22ClNO7S/c1-32-25(29)18-2-8-21(9-3-18)33-16-17-14-24(28)27(15-17)20-6-10-22(11-7-20)34-35(30,31)23-12-4-19(26)5-13-23/h2-13,17H,14-16H2,1H3. The molecule has 3 aromatic rings. The van der Waals surface area contributed by atoms with Crippen LogP contribution in [0.1, 0.15) is 16.8 Å². The van der Waals surface area contributed by atoms with Crippen LogP contribution in [0.25, 0.3) is 0 Å². The number of methoxy groups -OCH3 is 1. The third kappa shape index (κ3) is 5.93. The first-order chi connectivity index (χ1) is 16.7. The van der Waals surface area contributed by atoms with Crippen molar-refractivity contribution in [2.45, 2.75) is 11.3 Å². The molecular weight excluding hydrogens is 494 g/mol. The zero-order valence-electron chi connectivity index (χ0n) is 18.7. The molecule has 1 aliphatic heterocycles. The van der Waals surface area contributed by atoms with Gasteiger partial charge in [-0.05, 0) is 72.8 Å². The highest BCUT2D eigenvalue weighted by atomic mass is 35.5. The number of benzene rings is 3. The summed E-state index contributed by atoms with van der Waals surface area (Å²) in [4.78, 5) is 25.7. The lowest BCUT2D eigenvalue weighted by molar-refractivity contribution is -0.117. The molecule has 1 aliphatic rings. The molecule has 1 atom stereocenters. The molecule has 1 saturated heterocycles. The fourth-order valence-electron chi connectivity index (χ4n) is 3.62. The second-order valence-electron chi connectivity index (χ2n) is 7.89. The van der Waals surface area contributed by atoms with Crippen LogP contribution in [0, 0.1) is 5.92 Å². The van der Waals surface area contributed by atoms with E-state index in [0.717, 1.165) is 0 Å². The maximum absolute atomic E-state index is 12.6. The molecule has 182 valence electrons. The molecule has 0 N–H and O–H groups in total. The Hall–Kier alpha value is -3.56. The molecule has 0 aromatic heterocycles. The molecule has 0 bridgehead atoms. The van der Waals surface area contributed by atoms with Crippen molar-refractivity contribution in [3.8, 4) is 11.5 Å². The molecule has 1 heterocycles. The fraction of sp³-hybridized carbons (Fsp3) is 0.200. The van der Waals surface area contributed by atoms with Gasteiger partial charge >= 0.3 is 16.1 Å². The molecule has 0 saturated carbocycles. The van der Waals surface area contributed by atoms with Gasteiger partial charge in [0.05, 0.1) is 19.3 Å². The third-order valence-electron chi connectivity index (χ3n) is 5.42. The lowest BCUT2D eigenvalue weighted by Crippen LogP contribution is -2.25. The van der Waals surface area contributed by atoms with E-state index in [-0.39, 0.29) is 22.5 Å². The first-order valence-corrected chi connectivity index (χ1v) is 12.5. The molecule has 0 spiro atoms. The van der Waals surface area contributed by atoms with E-state index >= 15 is 0 Å². The first kappa shape index (κ1) is 24.6. The zero-order valence-corrected chi connectivity index (χ0v) is 20.3. The van der Waals surface area contributed by atoms with Gasteiger partial charge in [-0.1, -0.05) is 11.6 Å². The summed E-state index contributed by atoms with van der Waals surface area (Å²) in [5.74, 6) is 0.219. The Bertz CT molecular complexity index is 1310. The van der Waals surface area contributed by atoms with E-state index in [9.17, 15) is 18.0 Å². The first-order valence-electron chi connectivity index (χ1n) is 10.7. The Morgan fingerprint density at radius 2 is 1.60 bits per heavy atom. The molecule has 3 aromatic carbocycles. The van der Waals surface area contributed by atoms with Gasteiger partial charge in [0.25, 0.3) is 0 Å². The van der Waals surface area contributed by atoms with E-state index < -0.39 is 16.1 Å². The van der Waals surface area contributed by atoms with E-state index in [2.05, 4.69) is 4.74 Å². The average Bonchev–Trinajstić information content (AvgIpc) is 3.23. The van der Waals surface area contributed by atoms with E-state index in [1.54, 1.807) is 41.3 Å². The minimum absolute atomic E-state index is 0.0107. The molecule has 1 fully saturated rings. The normalized spacial score (nSPS) is 15.7. The minimum atomic E-state index is -4.01. The summed E-state index contributed by atoms with van der Waals surface area (Å²) >= 11 is 5.80. The number of ether oxygens (including phenoxy) is 2.